The van der Waals surface area contributed by atoms with Crippen LogP contribution in [0.1, 0.15) is 40.7 Å². The number of hydrogen-bond acceptors (Lipinski definition) is 2. The van der Waals surface area contributed by atoms with Crippen LogP contribution in [-0.4, -0.2) is 22.5 Å². The molecule has 0 heterocycles. The van der Waals surface area contributed by atoms with Crippen LogP contribution < -0.4 is 5.32 Å². The first kappa shape index (κ1) is 12.6. The molecule has 4 nitrogen and oxygen atoms in total. The molecule has 2 rings (SSSR count). The van der Waals surface area contributed by atoms with Crippen LogP contribution in [0.15, 0.2) is 18.2 Å². The summed E-state index contributed by atoms with van der Waals surface area (Å²) in [6.45, 7) is 3.83. The Balaban J connectivity index is 2.19. The van der Waals surface area contributed by atoms with Gasteiger partial charge in [0.15, 0.2) is 0 Å². The quantitative estimate of drug-likeness (QED) is 0.859. The SMILES string of the molecule is Cc1cc(C)cc(C(=O)NC2(C(=O)O)CCC2)c1. The first-order valence-electron chi connectivity index (χ1n) is 6.07. The zero-order valence-electron chi connectivity index (χ0n) is 10.6. The van der Waals surface area contributed by atoms with Gasteiger partial charge in [-0.05, 0) is 45.2 Å². The minimum atomic E-state index is -1.05. The van der Waals surface area contributed by atoms with Gasteiger partial charge in [-0.25, -0.2) is 4.79 Å². The fourth-order valence-corrected chi connectivity index (χ4v) is 2.32. The van der Waals surface area contributed by atoms with Gasteiger partial charge in [-0.15, -0.1) is 0 Å². The monoisotopic (exact) mass is 247 g/mol. The van der Waals surface area contributed by atoms with Crippen LogP contribution in [0, 0.1) is 13.8 Å². The Hall–Kier alpha value is -1.84. The summed E-state index contributed by atoms with van der Waals surface area (Å²) in [6, 6.07) is 5.53. The molecule has 0 aromatic heterocycles. The van der Waals surface area contributed by atoms with Crippen molar-refractivity contribution in [3.8, 4) is 0 Å². The lowest BCUT2D eigenvalue weighted by atomic mass is 9.76. The molecular weight excluding hydrogens is 230 g/mol. The summed E-state index contributed by atoms with van der Waals surface area (Å²) in [6.07, 6.45) is 1.87. The summed E-state index contributed by atoms with van der Waals surface area (Å²) in [5.41, 5.74) is 1.48. The molecule has 1 aliphatic rings. The number of aliphatic carboxylic acids is 1. The number of aryl methyl sites for hydroxylation is 2. The molecule has 1 aromatic carbocycles. The first-order chi connectivity index (χ1) is 8.43. The lowest BCUT2D eigenvalue weighted by molar-refractivity contribution is -0.148. The molecule has 1 fully saturated rings. The predicted molar refractivity (Wildman–Crippen MR) is 67.6 cm³/mol. The van der Waals surface area contributed by atoms with Crippen LogP contribution in [0.25, 0.3) is 0 Å². The molecule has 4 heteroatoms. The number of benzene rings is 1. The summed E-state index contributed by atoms with van der Waals surface area (Å²) >= 11 is 0. The Bertz CT molecular complexity index is 484. The standard InChI is InChI=1S/C14H17NO3/c1-9-6-10(2)8-11(7-9)12(16)15-14(13(17)18)4-3-5-14/h6-8H,3-5H2,1-2H3,(H,15,16)(H,17,18). The second kappa shape index (κ2) is 4.44. The van der Waals surface area contributed by atoms with Crippen LogP contribution >= 0.6 is 0 Å². The number of amides is 1. The van der Waals surface area contributed by atoms with Crippen LogP contribution in [0.4, 0.5) is 0 Å². The molecule has 0 radical (unpaired) electrons. The van der Waals surface area contributed by atoms with Crippen molar-refractivity contribution in [3.63, 3.8) is 0 Å². The van der Waals surface area contributed by atoms with Crippen molar-refractivity contribution >= 4 is 11.9 Å². The maximum Gasteiger partial charge on any atom is 0.329 e. The van der Waals surface area contributed by atoms with Gasteiger partial charge < -0.3 is 10.4 Å². The summed E-state index contributed by atoms with van der Waals surface area (Å²) in [5, 5.41) is 11.8. The third-order valence-corrected chi connectivity index (χ3v) is 3.45. The number of carbonyl (C=O) groups is 2. The largest absolute Gasteiger partial charge is 0.480 e. The molecule has 0 aliphatic heterocycles. The highest BCUT2D eigenvalue weighted by molar-refractivity contribution is 5.98. The summed E-state index contributed by atoms with van der Waals surface area (Å²) in [7, 11) is 0. The Labute approximate surface area is 106 Å². The second-order valence-electron chi connectivity index (χ2n) is 5.07. The van der Waals surface area contributed by atoms with Crippen molar-refractivity contribution < 1.29 is 14.7 Å². The fourth-order valence-electron chi connectivity index (χ4n) is 2.32. The summed E-state index contributed by atoms with van der Waals surface area (Å²) in [4.78, 5) is 23.3. The van der Waals surface area contributed by atoms with E-state index in [9.17, 15) is 14.7 Å². The van der Waals surface area contributed by atoms with Crippen LogP contribution in [0.2, 0.25) is 0 Å². The van der Waals surface area contributed by atoms with Crippen molar-refractivity contribution in [3.05, 3.63) is 34.9 Å². The lowest BCUT2D eigenvalue weighted by Gasteiger charge is -2.38. The van der Waals surface area contributed by atoms with E-state index in [0.29, 0.717) is 18.4 Å². The van der Waals surface area contributed by atoms with E-state index < -0.39 is 11.5 Å². The van der Waals surface area contributed by atoms with Gasteiger partial charge in [0.1, 0.15) is 5.54 Å². The molecule has 1 saturated carbocycles. The Morgan fingerprint density at radius 1 is 1.17 bits per heavy atom. The van der Waals surface area contributed by atoms with Gasteiger partial charge in [-0.1, -0.05) is 17.2 Å². The predicted octanol–water partition coefficient (Wildman–Crippen LogP) is 2.04. The molecule has 0 bridgehead atoms. The van der Waals surface area contributed by atoms with Crippen molar-refractivity contribution in [2.24, 2.45) is 0 Å². The highest BCUT2D eigenvalue weighted by Crippen LogP contribution is 2.32. The minimum Gasteiger partial charge on any atom is -0.480 e. The molecule has 96 valence electrons. The number of rotatable bonds is 3. The van der Waals surface area contributed by atoms with Gasteiger partial charge in [0.2, 0.25) is 0 Å². The topological polar surface area (TPSA) is 66.4 Å². The number of hydrogen-bond donors (Lipinski definition) is 2. The molecule has 0 unspecified atom stereocenters. The zero-order chi connectivity index (χ0) is 13.3. The average molecular weight is 247 g/mol. The molecule has 1 aromatic rings. The van der Waals surface area contributed by atoms with E-state index in [1.165, 1.54) is 0 Å². The Morgan fingerprint density at radius 3 is 2.11 bits per heavy atom. The van der Waals surface area contributed by atoms with E-state index in [1.807, 2.05) is 19.9 Å². The lowest BCUT2D eigenvalue weighted by Crippen LogP contribution is -2.59. The van der Waals surface area contributed by atoms with E-state index >= 15 is 0 Å². The number of carboxylic acid groups (broad SMARTS) is 1. The highest BCUT2D eigenvalue weighted by Gasteiger charge is 2.45. The highest BCUT2D eigenvalue weighted by atomic mass is 16.4. The number of carbonyl (C=O) groups excluding carboxylic acids is 1. The smallest absolute Gasteiger partial charge is 0.329 e. The minimum absolute atomic E-state index is 0.302. The number of carboxylic acids is 1. The van der Waals surface area contributed by atoms with Crippen LogP contribution in [0.5, 0.6) is 0 Å². The van der Waals surface area contributed by atoms with Crippen molar-refractivity contribution in [2.75, 3.05) is 0 Å². The Morgan fingerprint density at radius 2 is 1.72 bits per heavy atom. The second-order valence-corrected chi connectivity index (χ2v) is 5.07. The van der Waals surface area contributed by atoms with Gasteiger partial charge in [0.05, 0.1) is 0 Å². The summed E-state index contributed by atoms with van der Waals surface area (Å²) < 4.78 is 0. The molecule has 0 spiro atoms. The van der Waals surface area contributed by atoms with Crippen LogP contribution in [-0.2, 0) is 4.79 Å². The van der Waals surface area contributed by atoms with Gasteiger partial charge >= 0.3 is 5.97 Å². The molecule has 2 N–H and O–H groups in total. The van der Waals surface area contributed by atoms with E-state index in [-0.39, 0.29) is 5.91 Å². The molecule has 1 aliphatic carbocycles. The first-order valence-corrected chi connectivity index (χ1v) is 6.07. The van der Waals surface area contributed by atoms with Gasteiger partial charge in [0.25, 0.3) is 5.91 Å². The fraction of sp³-hybridized carbons (Fsp3) is 0.429. The third-order valence-electron chi connectivity index (χ3n) is 3.45. The molecule has 18 heavy (non-hydrogen) atoms. The zero-order valence-corrected chi connectivity index (χ0v) is 10.6. The molecule has 0 saturated heterocycles. The van der Waals surface area contributed by atoms with Gasteiger partial charge in [0, 0.05) is 5.56 Å². The third kappa shape index (κ3) is 2.23. The van der Waals surface area contributed by atoms with Crippen molar-refractivity contribution in [2.45, 2.75) is 38.6 Å². The molecule has 0 atom stereocenters. The number of nitrogens with one attached hydrogen (secondary N) is 1. The van der Waals surface area contributed by atoms with E-state index in [2.05, 4.69) is 5.32 Å². The van der Waals surface area contributed by atoms with Gasteiger partial charge in [-0.2, -0.15) is 0 Å². The Kier molecular flexibility index (Phi) is 3.11. The molecule has 1 amide bonds. The normalized spacial score (nSPS) is 16.8. The van der Waals surface area contributed by atoms with Crippen LogP contribution in [0.3, 0.4) is 0 Å². The van der Waals surface area contributed by atoms with Crippen molar-refractivity contribution in [1.29, 1.82) is 0 Å². The van der Waals surface area contributed by atoms with E-state index in [0.717, 1.165) is 17.5 Å². The summed E-state index contributed by atoms with van der Waals surface area (Å²) in [5.74, 6) is -1.24. The maximum absolute atomic E-state index is 12.1. The maximum atomic E-state index is 12.1. The average Bonchev–Trinajstić information content (AvgIpc) is 2.21. The molecular formula is C14H17NO3. The van der Waals surface area contributed by atoms with Gasteiger partial charge in [-0.3, -0.25) is 4.79 Å². The van der Waals surface area contributed by atoms with E-state index in [4.69, 9.17) is 0 Å². The van der Waals surface area contributed by atoms with Crippen molar-refractivity contribution in [1.82, 2.24) is 5.32 Å². The van der Waals surface area contributed by atoms with E-state index in [1.54, 1.807) is 12.1 Å².